The Bertz CT molecular complexity index is 717. The zero-order valence-electron chi connectivity index (χ0n) is 14.0. The van der Waals surface area contributed by atoms with E-state index in [1.165, 1.54) is 16.7 Å². The van der Waals surface area contributed by atoms with Crippen molar-refractivity contribution in [1.82, 2.24) is 4.90 Å². The van der Waals surface area contributed by atoms with Gasteiger partial charge in [0.25, 0.3) is 5.91 Å². The lowest BCUT2D eigenvalue weighted by atomic mass is 10.2. The zero-order valence-corrected chi connectivity index (χ0v) is 15.6. The average molecular weight is 381 g/mol. The van der Waals surface area contributed by atoms with Crippen LogP contribution in [0.5, 0.6) is 11.5 Å². The van der Waals surface area contributed by atoms with Gasteiger partial charge in [-0.2, -0.15) is 0 Å². The minimum Gasteiger partial charge on any atom is -0.493 e. The van der Waals surface area contributed by atoms with Crippen LogP contribution in [0.2, 0.25) is 0 Å². The van der Waals surface area contributed by atoms with E-state index >= 15 is 0 Å². The Balaban J connectivity index is 2.14. The van der Waals surface area contributed by atoms with Crippen LogP contribution in [0.25, 0.3) is 6.08 Å². The number of carbonyl (C=O) groups excluding carboxylic acids is 1. The Kier molecular flexibility index (Phi) is 6.83. The summed E-state index contributed by atoms with van der Waals surface area (Å²) in [5.74, 6) is 0.145. The number of carboxylic acid groups (broad SMARTS) is 1. The van der Waals surface area contributed by atoms with E-state index in [1.807, 2.05) is 13.0 Å². The number of nitrogens with zero attached hydrogens (tertiary/aromatic N) is 1. The molecule has 134 valence electrons. The predicted octanol–water partition coefficient (Wildman–Crippen LogP) is 3.16. The minimum absolute atomic E-state index is 0.00615. The molecule has 6 nitrogen and oxygen atoms in total. The molecule has 1 fully saturated rings. The molecule has 1 aromatic rings. The van der Waals surface area contributed by atoms with Gasteiger partial charge in [-0.15, -0.1) is 0 Å². The summed E-state index contributed by atoms with van der Waals surface area (Å²) in [7, 11) is 1.56. The van der Waals surface area contributed by atoms with E-state index in [2.05, 4.69) is 0 Å². The van der Waals surface area contributed by atoms with Gasteiger partial charge >= 0.3 is 5.97 Å². The van der Waals surface area contributed by atoms with Gasteiger partial charge in [-0.25, -0.2) is 0 Å². The summed E-state index contributed by atoms with van der Waals surface area (Å²) in [5.41, 5.74) is 0.798. The molecule has 8 heteroatoms. The fourth-order valence-corrected chi connectivity index (χ4v) is 3.59. The van der Waals surface area contributed by atoms with Crippen molar-refractivity contribution < 1.29 is 24.2 Å². The van der Waals surface area contributed by atoms with Crippen molar-refractivity contribution >= 4 is 46.3 Å². The van der Waals surface area contributed by atoms with E-state index in [4.69, 9.17) is 26.8 Å². The molecule has 1 aromatic carbocycles. The molecule has 2 rings (SSSR count). The highest BCUT2D eigenvalue weighted by atomic mass is 32.2. The van der Waals surface area contributed by atoms with Crippen molar-refractivity contribution in [1.29, 1.82) is 0 Å². The first kappa shape index (κ1) is 19.3. The van der Waals surface area contributed by atoms with Crippen molar-refractivity contribution in [3.8, 4) is 11.5 Å². The summed E-state index contributed by atoms with van der Waals surface area (Å²) in [6.45, 7) is 2.73. The Hall–Kier alpha value is -2.06. The molecule has 1 N–H and O–H groups in total. The summed E-state index contributed by atoms with van der Waals surface area (Å²) >= 11 is 6.44. The zero-order chi connectivity index (χ0) is 18.4. The fraction of sp³-hybridized carbons (Fsp3) is 0.353. The molecular weight excluding hydrogens is 362 g/mol. The summed E-state index contributed by atoms with van der Waals surface area (Å²) in [6, 6.07) is 5.42. The number of hydrogen-bond donors (Lipinski definition) is 1. The number of carboxylic acids is 1. The smallest absolute Gasteiger partial charge is 0.303 e. The van der Waals surface area contributed by atoms with E-state index in [0.29, 0.717) is 40.3 Å². The van der Waals surface area contributed by atoms with E-state index in [-0.39, 0.29) is 12.3 Å². The monoisotopic (exact) mass is 381 g/mol. The van der Waals surface area contributed by atoms with E-state index < -0.39 is 5.97 Å². The molecule has 0 radical (unpaired) electrons. The second-order valence-corrected chi connectivity index (χ2v) is 6.85. The van der Waals surface area contributed by atoms with Crippen LogP contribution in [0.1, 0.15) is 25.3 Å². The quantitative estimate of drug-likeness (QED) is 0.547. The van der Waals surface area contributed by atoms with E-state index in [0.717, 1.165) is 5.56 Å². The largest absolute Gasteiger partial charge is 0.493 e. The molecule has 0 aromatic heterocycles. The second kappa shape index (κ2) is 8.87. The predicted molar refractivity (Wildman–Crippen MR) is 101 cm³/mol. The normalized spacial score (nSPS) is 15.8. The Morgan fingerprint density at radius 3 is 2.80 bits per heavy atom. The van der Waals surface area contributed by atoms with Crippen LogP contribution in [-0.4, -0.2) is 46.5 Å². The first-order valence-corrected chi connectivity index (χ1v) is 8.96. The van der Waals surface area contributed by atoms with Crippen molar-refractivity contribution in [2.24, 2.45) is 0 Å². The van der Waals surface area contributed by atoms with E-state index in [1.54, 1.807) is 25.3 Å². The molecule has 0 saturated carbocycles. The lowest BCUT2D eigenvalue weighted by Crippen LogP contribution is -2.29. The lowest BCUT2D eigenvalue weighted by molar-refractivity contribution is -0.137. The van der Waals surface area contributed by atoms with E-state index in [9.17, 15) is 9.59 Å². The SMILES string of the molecule is CCOc1ccc(C=C2SC(=S)N(CCCC(=O)O)C2=O)cc1OC. The number of hydrogen-bond acceptors (Lipinski definition) is 6. The Morgan fingerprint density at radius 2 is 2.16 bits per heavy atom. The molecule has 0 atom stereocenters. The van der Waals surface area contributed by atoms with Crippen LogP contribution in [0.4, 0.5) is 0 Å². The Labute approximate surface area is 155 Å². The van der Waals surface area contributed by atoms with Gasteiger partial charge in [-0.05, 0) is 37.1 Å². The van der Waals surface area contributed by atoms with Gasteiger partial charge < -0.3 is 14.6 Å². The number of methoxy groups -OCH3 is 1. The average Bonchev–Trinajstić information content (AvgIpc) is 2.83. The van der Waals surface area contributed by atoms with Gasteiger partial charge in [0.15, 0.2) is 11.5 Å². The Morgan fingerprint density at radius 1 is 1.40 bits per heavy atom. The van der Waals surface area contributed by atoms with Crippen LogP contribution in [0.15, 0.2) is 23.1 Å². The maximum absolute atomic E-state index is 12.5. The van der Waals surface area contributed by atoms with Gasteiger partial charge in [0.2, 0.25) is 0 Å². The highest BCUT2D eigenvalue weighted by Crippen LogP contribution is 2.34. The molecule has 0 spiro atoms. The molecule has 1 aliphatic heterocycles. The molecule has 1 heterocycles. The van der Waals surface area contributed by atoms with Gasteiger partial charge in [-0.1, -0.05) is 30.0 Å². The highest BCUT2D eigenvalue weighted by molar-refractivity contribution is 8.26. The number of amides is 1. The second-order valence-electron chi connectivity index (χ2n) is 5.17. The van der Waals surface area contributed by atoms with Crippen LogP contribution in [-0.2, 0) is 9.59 Å². The number of rotatable bonds is 8. The number of ether oxygens (including phenoxy) is 2. The highest BCUT2D eigenvalue weighted by Gasteiger charge is 2.31. The minimum atomic E-state index is -0.887. The van der Waals surface area contributed by atoms with Gasteiger partial charge in [0.05, 0.1) is 18.6 Å². The fourth-order valence-electron chi connectivity index (χ4n) is 2.28. The molecule has 25 heavy (non-hydrogen) atoms. The maximum atomic E-state index is 12.5. The van der Waals surface area contributed by atoms with Gasteiger partial charge in [0.1, 0.15) is 4.32 Å². The number of thiocarbonyl (C=S) groups is 1. The van der Waals surface area contributed by atoms with Crippen molar-refractivity contribution in [2.45, 2.75) is 19.8 Å². The summed E-state index contributed by atoms with van der Waals surface area (Å²) in [5, 5.41) is 8.70. The first-order chi connectivity index (χ1) is 12.0. The van der Waals surface area contributed by atoms with Gasteiger partial charge in [0, 0.05) is 13.0 Å². The summed E-state index contributed by atoms with van der Waals surface area (Å²) < 4.78 is 11.2. The maximum Gasteiger partial charge on any atom is 0.303 e. The standard InChI is InChI=1S/C17H19NO5S2/c1-3-23-12-7-6-11(9-13(12)22-2)10-14-16(21)18(17(24)25-14)8-4-5-15(19)20/h6-7,9-10H,3-5,8H2,1-2H3,(H,19,20). The van der Waals surface area contributed by atoms with Crippen molar-refractivity contribution in [3.63, 3.8) is 0 Å². The topological polar surface area (TPSA) is 76.1 Å². The molecule has 1 amide bonds. The lowest BCUT2D eigenvalue weighted by Gasteiger charge is -2.13. The third-order valence-electron chi connectivity index (χ3n) is 3.43. The van der Waals surface area contributed by atoms with Crippen molar-refractivity contribution in [3.05, 3.63) is 28.7 Å². The number of carbonyl (C=O) groups is 2. The first-order valence-electron chi connectivity index (χ1n) is 7.74. The van der Waals surface area contributed by atoms with Gasteiger partial charge in [-0.3, -0.25) is 14.5 Å². The van der Waals surface area contributed by atoms with Crippen molar-refractivity contribution in [2.75, 3.05) is 20.3 Å². The number of aliphatic carboxylic acids is 1. The molecule has 0 bridgehead atoms. The number of thioether (sulfide) groups is 1. The van der Waals surface area contributed by atoms with Crippen LogP contribution in [0.3, 0.4) is 0 Å². The summed E-state index contributed by atoms with van der Waals surface area (Å²) in [4.78, 5) is 25.0. The summed E-state index contributed by atoms with van der Waals surface area (Å²) in [6.07, 6.45) is 2.12. The molecule has 0 aliphatic carbocycles. The van der Waals surface area contributed by atoms with Crippen LogP contribution in [0, 0.1) is 0 Å². The number of benzene rings is 1. The third kappa shape index (κ3) is 4.96. The molecular formula is C17H19NO5S2. The molecule has 1 aliphatic rings. The molecule has 0 unspecified atom stereocenters. The van der Waals surface area contributed by atoms with Crippen LogP contribution >= 0.6 is 24.0 Å². The molecule has 1 saturated heterocycles. The third-order valence-corrected chi connectivity index (χ3v) is 4.81. The van der Waals surface area contributed by atoms with Crippen LogP contribution < -0.4 is 9.47 Å².